The lowest BCUT2D eigenvalue weighted by atomic mass is 10.1. The van der Waals surface area contributed by atoms with E-state index >= 15 is 0 Å². The molecule has 1 aliphatic rings. The fourth-order valence-electron chi connectivity index (χ4n) is 3.88. The molecule has 7 nitrogen and oxygen atoms in total. The summed E-state index contributed by atoms with van der Waals surface area (Å²) in [5.41, 5.74) is 3.81. The molecule has 1 N–H and O–H groups in total. The number of ether oxygens (including phenoxy) is 2. The Hall–Kier alpha value is -3.33. The highest BCUT2D eigenvalue weighted by Gasteiger charge is 2.18. The number of thiazole rings is 1. The van der Waals surface area contributed by atoms with E-state index in [2.05, 4.69) is 26.3 Å². The van der Waals surface area contributed by atoms with Crippen LogP contribution in [-0.2, 0) is 11.3 Å². The number of carbonyl (C=O) groups is 1. The molecule has 1 saturated heterocycles. The van der Waals surface area contributed by atoms with Crippen molar-refractivity contribution in [3.8, 4) is 16.9 Å². The molecule has 2 aromatic carbocycles. The fourth-order valence-corrected chi connectivity index (χ4v) is 4.82. The number of amides is 1. The zero-order valence-electron chi connectivity index (χ0n) is 18.8. The van der Waals surface area contributed by atoms with Gasteiger partial charge in [0.2, 0.25) is 0 Å². The maximum absolute atomic E-state index is 12.8. The minimum Gasteiger partial charge on any atom is -0.490 e. The van der Waals surface area contributed by atoms with Crippen LogP contribution in [0, 0.1) is 0 Å². The lowest BCUT2D eigenvalue weighted by Gasteiger charge is -2.26. The number of rotatable bonds is 8. The molecule has 174 valence electrons. The molecule has 0 aliphatic carbocycles. The maximum atomic E-state index is 12.8. The molecule has 34 heavy (non-hydrogen) atoms. The predicted molar refractivity (Wildman–Crippen MR) is 133 cm³/mol. The minimum atomic E-state index is -0.185. The van der Waals surface area contributed by atoms with Gasteiger partial charge in [-0.1, -0.05) is 30.3 Å². The van der Waals surface area contributed by atoms with Crippen molar-refractivity contribution >= 4 is 27.5 Å². The summed E-state index contributed by atoms with van der Waals surface area (Å²) in [4.78, 5) is 24.0. The number of carbonyl (C=O) groups excluding carboxylic acids is 1. The highest BCUT2D eigenvalue weighted by molar-refractivity contribution is 7.20. The van der Waals surface area contributed by atoms with Crippen LogP contribution >= 0.6 is 11.3 Å². The Bertz CT molecular complexity index is 1240. The normalized spacial score (nSPS) is 14.2. The van der Waals surface area contributed by atoms with Gasteiger partial charge in [-0.3, -0.25) is 14.7 Å². The van der Waals surface area contributed by atoms with Crippen LogP contribution in [0.1, 0.15) is 15.4 Å². The first-order valence-corrected chi connectivity index (χ1v) is 12.2. The number of fused-ring (bicyclic) bond motifs is 1. The monoisotopic (exact) mass is 474 g/mol. The third kappa shape index (κ3) is 5.41. The summed E-state index contributed by atoms with van der Waals surface area (Å²) in [6, 6.07) is 17.8. The van der Waals surface area contributed by atoms with E-state index in [0.29, 0.717) is 23.9 Å². The highest BCUT2D eigenvalue weighted by Crippen LogP contribution is 2.35. The Labute approximate surface area is 202 Å². The molecular formula is C26H26N4O3S. The van der Waals surface area contributed by atoms with Crippen LogP contribution in [0.2, 0.25) is 0 Å². The van der Waals surface area contributed by atoms with Crippen LogP contribution in [0.4, 0.5) is 0 Å². The second-order valence-electron chi connectivity index (χ2n) is 8.05. The van der Waals surface area contributed by atoms with E-state index < -0.39 is 0 Å². The number of hydrogen-bond acceptors (Lipinski definition) is 7. The first-order valence-electron chi connectivity index (χ1n) is 11.4. The molecule has 0 atom stereocenters. The molecule has 1 fully saturated rings. The quantitative estimate of drug-likeness (QED) is 0.416. The zero-order valence-corrected chi connectivity index (χ0v) is 19.6. The largest absolute Gasteiger partial charge is 0.490 e. The van der Waals surface area contributed by atoms with Crippen molar-refractivity contribution in [1.29, 1.82) is 0 Å². The molecule has 5 rings (SSSR count). The van der Waals surface area contributed by atoms with Crippen LogP contribution in [-0.4, -0.2) is 60.2 Å². The van der Waals surface area contributed by atoms with Crippen molar-refractivity contribution in [3.05, 3.63) is 77.6 Å². The molecule has 0 saturated carbocycles. The number of pyridine rings is 1. The van der Waals surface area contributed by atoms with Gasteiger partial charge in [-0.2, -0.15) is 0 Å². The van der Waals surface area contributed by atoms with Crippen LogP contribution in [0.15, 0.2) is 67.0 Å². The third-order valence-corrected chi connectivity index (χ3v) is 6.73. The minimum absolute atomic E-state index is 0.185. The van der Waals surface area contributed by atoms with E-state index in [4.69, 9.17) is 9.47 Å². The molecule has 8 heteroatoms. The summed E-state index contributed by atoms with van der Waals surface area (Å²) in [7, 11) is 0. The molecule has 0 unspecified atom stereocenters. The lowest BCUT2D eigenvalue weighted by molar-refractivity contribution is 0.0323. The van der Waals surface area contributed by atoms with Crippen LogP contribution in [0.3, 0.4) is 0 Å². The molecular weight excluding hydrogens is 448 g/mol. The van der Waals surface area contributed by atoms with Gasteiger partial charge in [0.1, 0.15) is 17.9 Å². The van der Waals surface area contributed by atoms with Crippen molar-refractivity contribution in [2.45, 2.75) is 6.54 Å². The Morgan fingerprint density at radius 2 is 1.85 bits per heavy atom. The van der Waals surface area contributed by atoms with E-state index in [1.54, 1.807) is 12.4 Å². The van der Waals surface area contributed by atoms with Gasteiger partial charge in [-0.25, -0.2) is 4.98 Å². The standard InChI is InChI=1S/C26H26N4O3S/c31-25(28-18-19-4-2-1-3-5-19)26-29-24-22(33-15-12-30-10-13-32-14-11-30)16-21(17-23(24)34-26)20-6-8-27-9-7-20/h1-9,16-17H,10-15,18H2,(H,28,31). The van der Waals surface area contributed by atoms with Crippen molar-refractivity contribution in [3.63, 3.8) is 0 Å². The topological polar surface area (TPSA) is 76.6 Å². The Morgan fingerprint density at radius 1 is 1.06 bits per heavy atom. The zero-order chi connectivity index (χ0) is 23.2. The molecule has 1 amide bonds. The Kier molecular flexibility index (Phi) is 7.09. The number of benzene rings is 2. The predicted octanol–water partition coefficient (Wildman–Crippen LogP) is 4.00. The smallest absolute Gasteiger partial charge is 0.280 e. The number of hydrogen-bond donors (Lipinski definition) is 1. The second-order valence-corrected chi connectivity index (χ2v) is 9.08. The number of nitrogens with one attached hydrogen (secondary N) is 1. The number of aromatic nitrogens is 2. The van der Waals surface area contributed by atoms with E-state index in [9.17, 15) is 4.79 Å². The summed E-state index contributed by atoms with van der Waals surface area (Å²) in [5.74, 6) is 0.505. The first kappa shape index (κ1) is 22.5. The maximum Gasteiger partial charge on any atom is 0.280 e. The third-order valence-electron chi connectivity index (χ3n) is 5.73. The summed E-state index contributed by atoms with van der Waals surface area (Å²) < 4.78 is 12.6. The van der Waals surface area contributed by atoms with Crippen molar-refractivity contribution < 1.29 is 14.3 Å². The van der Waals surface area contributed by atoms with Gasteiger partial charge in [0.05, 0.1) is 17.9 Å². The average Bonchev–Trinajstić information content (AvgIpc) is 3.34. The molecule has 3 heterocycles. The highest BCUT2D eigenvalue weighted by atomic mass is 32.1. The Balaban J connectivity index is 1.38. The Morgan fingerprint density at radius 3 is 2.65 bits per heavy atom. The van der Waals surface area contributed by atoms with Gasteiger partial charge in [-0.15, -0.1) is 11.3 Å². The van der Waals surface area contributed by atoms with Gasteiger partial charge < -0.3 is 14.8 Å². The van der Waals surface area contributed by atoms with Crippen LogP contribution in [0.5, 0.6) is 5.75 Å². The fraction of sp³-hybridized carbons (Fsp3) is 0.269. The SMILES string of the molecule is O=C(NCc1ccccc1)c1nc2c(OCCN3CCOCC3)cc(-c3ccncc3)cc2s1. The van der Waals surface area contributed by atoms with Gasteiger partial charge in [0, 0.05) is 38.6 Å². The summed E-state index contributed by atoms with van der Waals surface area (Å²) >= 11 is 1.38. The van der Waals surface area contributed by atoms with Crippen LogP contribution < -0.4 is 10.1 Å². The van der Waals surface area contributed by atoms with E-state index in [1.807, 2.05) is 48.5 Å². The van der Waals surface area contributed by atoms with Crippen molar-refractivity contribution in [2.75, 3.05) is 39.5 Å². The van der Waals surface area contributed by atoms with Gasteiger partial charge in [-0.05, 0) is 41.0 Å². The summed E-state index contributed by atoms with van der Waals surface area (Å²) in [6.07, 6.45) is 3.54. The van der Waals surface area contributed by atoms with Gasteiger partial charge in [0.15, 0.2) is 5.01 Å². The van der Waals surface area contributed by atoms with Crippen molar-refractivity contribution in [2.24, 2.45) is 0 Å². The molecule has 2 aromatic heterocycles. The number of nitrogens with zero attached hydrogens (tertiary/aromatic N) is 3. The van der Waals surface area contributed by atoms with Crippen LogP contribution in [0.25, 0.3) is 21.3 Å². The van der Waals surface area contributed by atoms with Gasteiger partial charge >= 0.3 is 0 Å². The van der Waals surface area contributed by atoms with Gasteiger partial charge in [0.25, 0.3) is 5.91 Å². The average molecular weight is 475 g/mol. The first-order chi connectivity index (χ1) is 16.8. The molecule has 0 radical (unpaired) electrons. The van der Waals surface area contributed by atoms with E-state index in [-0.39, 0.29) is 5.91 Å². The van der Waals surface area contributed by atoms with E-state index in [1.165, 1.54) is 11.3 Å². The molecule has 4 aromatic rings. The van der Waals surface area contributed by atoms with Crippen molar-refractivity contribution in [1.82, 2.24) is 20.2 Å². The summed E-state index contributed by atoms with van der Waals surface area (Å²) in [5, 5.41) is 3.40. The molecule has 0 bridgehead atoms. The molecule has 1 aliphatic heterocycles. The number of morpholine rings is 1. The summed E-state index contributed by atoms with van der Waals surface area (Å²) in [6.45, 7) is 5.17. The lowest BCUT2D eigenvalue weighted by Crippen LogP contribution is -2.38. The molecule has 0 spiro atoms. The van der Waals surface area contributed by atoms with E-state index in [0.717, 1.165) is 59.8 Å². The second kappa shape index (κ2) is 10.7.